The summed E-state index contributed by atoms with van der Waals surface area (Å²) in [7, 11) is 0. The first kappa shape index (κ1) is 14.4. The number of aromatic hydroxyl groups is 1. The molecule has 1 aromatic carbocycles. The predicted molar refractivity (Wildman–Crippen MR) is 73.5 cm³/mol. The summed E-state index contributed by atoms with van der Waals surface area (Å²) in [6.07, 6.45) is 1.99. The molecule has 3 unspecified atom stereocenters. The molecule has 0 spiro atoms. The van der Waals surface area contributed by atoms with Gasteiger partial charge in [0.2, 0.25) is 0 Å². The van der Waals surface area contributed by atoms with Gasteiger partial charge >= 0.3 is 0 Å². The van der Waals surface area contributed by atoms with Crippen LogP contribution >= 0.6 is 11.8 Å². The van der Waals surface area contributed by atoms with Crippen LogP contribution < -0.4 is 5.32 Å². The highest BCUT2D eigenvalue weighted by Crippen LogP contribution is 2.24. The standard InChI is InChI=1S/C13H21NO2S/c1-9(11-6-4-5-7-12(11)16)14-10(2)13(8-15)17-3/h4-7,9-10,13-16H,8H2,1-3H3. The number of hydrogen-bond donors (Lipinski definition) is 3. The van der Waals surface area contributed by atoms with Gasteiger partial charge in [-0.2, -0.15) is 11.8 Å². The van der Waals surface area contributed by atoms with Crippen LogP contribution in [0.4, 0.5) is 0 Å². The van der Waals surface area contributed by atoms with Crippen LogP contribution in [0.5, 0.6) is 5.75 Å². The molecular weight excluding hydrogens is 234 g/mol. The number of phenols is 1. The second-order valence-electron chi connectivity index (χ2n) is 4.19. The van der Waals surface area contributed by atoms with Crippen molar-refractivity contribution in [3.05, 3.63) is 29.8 Å². The molecule has 0 fully saturated rings. The van der Waals surface area contributed by atoms with E-state index < -0.39 is 0 Å². The van der Waals surface area contributed by atoms with Crippen molar-refractivity contribution < 1.29 is 10.2 Å². The molecule has 4 heteroatoms. The minimum absolute atomic E-state index is 0.0624. The van der Waals surface area contributed by atoms with Gasteiger partial charge in [0.05, 0.1) is 6.61 Å². The van der Waals surface area contributed by atoms with Crippen LogP contribution in [0.25, 0.3) is 0 Å². The summed E-state index contributed by atoms with van der Waals surface area (Å²) >= 11 is 1.64. The summed E-state index contributed by atoms with van der Waals surface area (Å²) < 4.78 is 0. The monoisotopic (exact) mass is 255 g/mol. The average Bonchev–Trinajstić information content (AvgIpc) is 2.31. The molecule has 0 saturated carbocycles. The van der Waals surface area contributed by atoms with Crippen LogP contribution in [0.1, 0.15) is 25.5 Å². The van der Waals surface area contributed by atoms with E-state index in [-0.39, 0.29) is 23.9 Å². The van der Waals surface area contributed by atoms with Crippen LogP contribution in [-0.4, -0.2) is 34.4 Å². The molecule has 3 N–H and O–H groups in total. The van der Waals surface area contributed by atoms with E-state index in [1.807, 2.05) is 38.3 Å². The van der Waals surface area contributed by atoms with E-state index in [2.05, 4.69) is 5.32 Å². The fraction of sp³-hybridized carbons (Fsp3) is 0.538. The van der Waals surface area contributed by atoms with Gasteiger partial charge in [0.15, 0.2) is 0 Å². The summed E-state index contributed by atoms with van der Waals surface area (Å²) in [5.74, 6) is 0.310. The van der Waals surface area contributed by atoms with Crippen molar-refractivity contribution in [1.82, 2.24) is 5.32 Å². The smallest absolute Gasteiger partial charge is 0.120 e. The maximum absolute atomic E-state index is 9.75. The fourth-order valence-corrected chi connectivity index (χ4v) is 2.52. The summed E-state index contributed by atoms with van der Waals surface area (Å²) in [5, 5.41) is 22.5. The molecule has 0 aliphatic heterocycles. The number of hydrogen-bond acceptors (Lipinski definition) is 4. The fourth-order valence-electron chi connectivity index (χ4n) is 1.88. The van der Waals surface area contributed by atoms with E-state index in [0.29, 0.717) is 5.75 Å². The lowest BCUT2D eigenvalue weighted by Crippen LogP contribution is -2.38. The lowest BCUT2D eigenvalue weighted by atomic mass is 10.1. The predicted octanol–water partition coefficient (Wildman–Crippen LogP) is 2.16. The molecule has 0 bridgehead atoms. The zero-order valence-electron chi connectivity index (χ0n) is 10.6. The molecule has 0 saturated heterocycles. The number of aliphatic hydroxyl groups excluding tert-OH is 1. The SMILES string of the molecule is CSC(CO)C(C)NC(C)c1ccccc1O. The largest absolute Gasteiger partial charge is 0.508 e. The molecule has 1 rings (SSSR count). The van der Waals surface area contributed by atoms with E-state index in [0.717, 1.165) is 5.56 Å². The van der Waals surface area contributed by atoms with E-state index in [9.17, 15) is 10.2 Å². The number of benzene rings is 1. The highest BCUT2D eigenvalue weighted by atomic mass is 32.2. The first-order chi connectivity index (χ1) is 8.10. The Morgan fingerprint density at radius 1 is 1.29 bits per heavy atom. The minimum atomic E-state index is 0.0624. The molecule has 0 aromatic heterocycles. The maximum Gasteiger partial charge on any atom is 0.120 e. The third-order valence-corrected chi connectivity index (χ3v) is 4.12. The Kier molecular flexibility index (Phi) is 5.82. The van der Waals surface area contributed by atoms with E-state index in [4.69, 9.17) is 0 Å². The van der Waals surface area contributed by atoms with Gasteiger partial charge in [0, 0.05) is 22.9 Å². The molecule has 0 radical (unpaired) electrons. The molecule has 3 atom stereocenters. The summed E-state index contributed by atoms with van der Waals surface area (Å²) in [5.41, 5.74) is 0.886. The Labute approximate surface area is 107 Å². The van der Waals surface area contributed by atoms with Gasteiger partial charge in [-0.3, -0.25) is 0 Å². The van der Waals surface area contributed by atoms with Gasteiger partial charge in [0.25, 0.3) is 0 Å². The van der Waals surface area contributed by atoms with Gasteiger partial charge in [-0.25, -0.2) is 0 Å². The number of thioether (sulfide) groups is 1. The van der Waals surface area contributed by atoms with Crippen molar-refractivity contribution in [2.75, 3.05) is 12.9 Å². The van der Waals surface area contributed by atoms with Crippen molar-refractivity contribution in [3.63, 3.8) is 0 Å². The second-order valence-corrected chi connectivity index (χ2v) is 5.27. The molecule has 96 valence electrons. The normalized spacial score (nSPS) is 16.5. The Balaban J connectivity index is 2.66. The quantitative estimate of drug-likeness (QED) is 0.729. The zero-order valence-corrected chi connectivity index (χ0v) is 11.4. The van der Waals surface area contributed by atoms with Gasteiger partial charge in [-0.15, -0.1) is 0 Å². The number of rotatable bonds is 6. The summed E-state index contributed by atoms with van der Waals surface area (Å²) in [4.78, 5) is 0. The van der Waals surface area contributed by atoms with E-state index in [1.165, 1.54) is 0 Å². The van der Waals surface area contributed by atoms with Gasteiger partial charge < -0.3 is 15.5 Å². The number of phenolic OH excluding ortho intramolecular Hbond substituents is 1. The Hall–Kier alpha value is -0.710. The van der Waals surface area contributed by atoms with Crippen molar-refractivity contribution in [2.45, 2.75) is 31.2 Å². The Bertz CT molecular complexity index is 342. The minimum Gasteiger partial charge on any atom is -0.508 e. The first-order valence-corrected chi connectivity index (χ1v) is 7.06. The van der Waals surface area contributed by atoms with E-state index in [1.54, 1.807) is 17.8 Å². The Morgan fingerprint density at radius 2 is 1.94 bits per heavy atom. The Morgan fingerprint density at radius 3 is 2.47 bits per heavy atom. The summed E-state index contributed by atoms with van der Waals surface area (Å²) in [6, 6.07) is 7.57. The molecule has 0 amide bonds. The lowest BCUT2D eigenvalue weighted by molar-refractivity contribution is 0.271. The van der Waals surface area contributed by atoms with Crippen molar-refractivity contribution >= 4 is 11.8 Å². The van der Waals surface area contributed by atoms with Crippen LogP contribution in [0.3, 0.4) is 0 Å². The molecule has 0 aliphatic carbocycles. The summed E-state index contributed by atoms with van der Waals surface area (Å²) in [6.45, 7) is 4.22. The second kappa shape index (κ2) is 6.89. The van der Waals surface area contributed by atoms with Gasteiger partial charge in [0.1, 0.15) is 5.75 Å². The van der Waals surface area contributed by atoms with Gasteiger partial charge in [-0.1, -0.05) is 18.2 Å². The zero-order chi connectivity index (χ0) is 12.8. The van der Waals surface area contributed by atoms with Crippen LogP contribution in [-0.2, 0) is 0 Å². The molecule has 3 nitrogen and oxygen atoms in total. The third kappa shape index (κ3) is 3.91. The molecular formula is C13H21NO2S. The molecule has 1 aromatic rings. The number of aliphatic hydroxyl groups is 1. The molecule has 0 aliphatic rings. The lowest BCUT2D eigenvalue weighted by Gasteiger charge is -2.26. The van der Waals surface area contributed by atoms with Crippen LogP contribution in [0.2, 0.25) is 0 Å². The van der Waals surface area contributed by atoms with Crippen LogP contribution in [0.15, 0.2) is 24.3 Å². The van der Waals surface area contributed by atoms with E-state index >= 15 is 0 Å². The van der Waals surface area contributed by atoms with Crippen molar-refractivity contribution in [3.8, 4) is 5.75 Å². The molecule has 17 heavy (non-hydrogen) atoms. The first-order valence-electron chi connectivity index (χ1n) is 5.77. The molecule has 0 heterocycles. The van der Waals surface area contributed by atoms with Crippen LogP contribution in [0, 0.1) is 0 Å². The van der Waals surface area contributed by atoms with Crippen molar-refractivity contribution in [2.24, 2.45) is 0 Å². The highest BCUT2D eigenvalue weighted by molar-refractivity contribution is 7.99. The van der Waals surface area contributed by atoms with Gasteiger partial charge in [-0.05, 0) is 26.2 Å². The third-order valence-electron chi connectivity index (χ3n) is 2.96. The maximum atomic E-state index is 9.75. The topological polar surface area (TPSA) is 52.5 Å². The highest BCUT2D eigenvalue weighted by Gasteiger charge is 2.18. The average molecular weight is 255 g/mol. The number of para-hydroxylation sites is 1. The number of nitrogens with one attached hydrogen (secondary N) is 1. The van der Waals surface area contributed by atoms with Crippen molar-refractivity contribution in [1.29, 1.82) is 0 Å².